The first-order chi connectivity index (χ1) is 7.90. The fourth-order valence-corrected chi connectivity index (χ4v) is 4.19. The van der Waals surface area contributed by atoms with E-state index in [0.29, 0.717) is 10.6 Å². The first kappa shape index (κ1) is 14.6. The molecule has 0 aromatic carbocycles. The largest absolute Gasteiger partial charge is 0.392 e. The zero-order valence-corrected chi connectivity index (χ0v) is 12.2. The highest BCUT2D eigenvalue weighted by atomic mass is 32.2. The lowest BCUT2D eigenvalue weighted by molar-refractivity contribution is 0.574. The molecule has 96 valence electrons. The normalized spacial score (nSPS) is 13.5. The molecule has 1 unspecified atom stereocenters. The van der Waals surface area contributed by atoms with Crippen molar-refractivity contribution in [3.8, 4) is 0 Å². The summed E-state index contributed by atoms with van der Waals surface area (Å²) in [6.45, 7) is 3.82. The Hall–Kier alpha value is -0.500. The minimum absolute atomic E-state index is 0.170. The summed E-state index contributed by atoms with van der Waals surface area (Å²) in [4.78, 5) is 1.21. The van der Waals surface area contributed by atoms with E-state index in [-0.39, 0.29) is 4.99 Å². The van der Waals surface area contributed by atoms with Crippen LogP contribution in [0.5, 0.6) is 0 Å². The molecule has 7 heteroatoms. The smallest absolute Gasteiger partial charge is 0.250 e. The number of thiophene rings is 1. The Kier molecular flexibility index (Phi) is 5.05. The van der Waals surface area contributed by atoms with Gasteiger partial charge in [0.25, 0.3) is 10.0 Å². The second kappa shape index (κ2) is 5.90. The van der Waals surface area contributed by atoms with Crippen molar-refractivity contribution >= 4 is 38.6 Å². The molecule has 0 saturated heterocycles. The van der Waals surface area contributed by atoms with Gasteiger partial charge in [0.1, 0.15) is 4.21 Å². The van der Waals surface area contributed by atoms with Crippen molar-refractivity contribution in [1.82, 2.24) is 4.72 Å². The summed E-state index contributed by atoms with van der Waals surface area (Å²) < 4.78 is 26.9. The van der Waals surface area contributed by atoms with Crippen molar-refractivity contribution in [3.63, 3.8) is 0 Å². The van der Waals surface area contributed by atoms with Crippen LogP contribution < -0.4 is 10.5 Å². The molecule has 1 rings (SSSR count). The number of hydrogen-bond acceptors (Lipinski definition) is 4. The van der Waals surface area contributed by atoms with Gasteiger partial charge in [-0.1, -0.05) is 26.1 Å². The van der Waals surface area contributed by atoms with Gasteiger partial charge in [0.05, 0.1) is 11.0 Å². The van der Waals surface area contributed by atoms with Crippen LogP contribution in [-0.4, -0.2) is 19.4 Å². The molecule has 0 aliphatic carbocycles. The summed E-state index contributed by atoms with van der Waals surface area (Å²) in [6.07, 6.45) is 1.37. The van der Waals surface area contributed by atoms with E-state index in [1.807, 2.05) is 19.9 Å². The first-order valence-electron chi connectivity index (χ1n) is 5.31. The summed E-state index contributed by atoms with van der Waals surface area (Å²) in [6, 6.07) is 2.95. The van der Waals surface area contributed by atoms with Gasteiger partial charge in [0, 0.05) is 4.88 Å². The van der Waals surface area contributed by atoms with Crippen LogP contribution in [0, 0.1) is 0 Å². The van der Waals surface area contributed by atoms with Crippen molar-refractivity contribution in [2.24, 2.45) is 5.73 Å². The molecule has 0 saturated carbocycles. The molecular formula is C10H16N2O2S3. The number of thiocarbonyl (C=S) groups is 1. The second-order valence-corrected chi connectivity index (χ2v) is 7.14. The molecular weight excluding hydrogens is 276 g/mol. The molecule has 0 fully saturated rings. The SMILES string of the molecule is CCc1ccc(S(=O)(=O)NC(CC)C(N)=S)s1. The van der Waals surface area contributed by atoms with Crippen LogP contribution in [0.2, 0.25) is 0 Å². The van der Waals surface area contributed by atoms with Gasteiger partial charge in [-0.2, -0.15) is 0 Å². The predicted molar refractivity (Wildman–Crippen MR) is 74.9 cm³/mol. The van der Waals surface area contributed by atoms with Gasteiger partial charge < -0.3 is 5.73 Å². The third kappa shape index (κ3) is 3.74. The molecule has 1 heterocycles. The van der Waals surface area contributed by atoms with Crippen LogP contribution in [-0.2, 0) is 16.4 Å². The maximum Gasteiger partial charge on any atom is 0.250 e. The van der Waals surface area contributed by atoms with Crippen molar-refractivity contribution < 1.29 is 8.42 Å². The van der Waals surface area contributed by atoms with Crippen LogP contribution in [0.3, 0.4) is 0 Å². The monoisotopic (exact) mass is 292 g/mol. The van der Waals surface area contributed by atoms with E-state index >= 15 is 0 Å². The van der Waals surface area contributed by atoms with Crippen molar-refractivity contribution in [2.75, 3.05) is 0 Å². The quantitative estimate of drug-likeness (QED) is 0.782. The predicted octanol–water partition coefficient (Wildman–Crippen LogP) is 1.65. The standard InChI is InChI=1S/C10H16N2O2S3/c1-3-7-5-6-9(16-7)17(13,14)12-8(4-2)10(11)15/h5-6,8,12H,3-4H2,1-2H3,(H2,11,15). The Bertz CT molecular complexity index is 493. The van der Waals surface area contributed by atoms with E-state index in [2.05, 4.69) is 4.72 Å². The Morgan fingerprint density at radius 1 is 1.53 bits per heavy atom. The summed E-state index contributed by atoms with van der Waals surface area (Å²) in [5.74, 6) is 0. The third-order valence-corrected chi connectivity index (χ3v) is 5.78. The molecule has 4 nitrogen and oxygen atoms in total. The third-order valence-electron chi connectivity index (χ3n) is 2.30. The fourth-order valence-electron chi connectivity index (χ4n) is 1.28. The minimum atomic E-state index is -3.50. The lowest BCUT2D eigenvalue weighted by Gasteiger charge is -2.14. The molecule has 3 N–H and O–H groups in total. The number of sulfonamides is 1. The zero-order chi connectivity index (χ0) is 13.1. The summed E-state index contributed by atoms with van der Waals surface area (Å²) in [5, 5.41) is 0. The molecule has 1 aromatic rings. The lowest BCUT2D eigenvalue weighted by atomic mass is 10.2. The lowest BCUT2D eigenvalue weighted by Crippen LogP contribution is -2.42. The summed E-state index contributed by atoms with van der Waals surface area (Å²) >= 11 is 6.09. The molecule has 0 aliphatic rings. The van der Waals surface area contributed by atoms with E-state index in [1.165, 1.54) is 11.3 Å². The molecule has 0 radical (unpaired) electrons. The average molecular weight is 292 g/mol. The Morgan fingerprint density at radius 2 is 2.18 bits per heavy atom. The van der Waals surface area contributed by atoms with Gasteiger partial charge in [-0.15, -0.1) is 11.3 Å². The summed E-state index contributed by atoms with van der Waals surface area (Å²) in [7, 11) is -3.50. The van der Waals surface area contributed by atoms with Gasteiger partial charge >= 0.3 is 0 Å². The van der Waals surface area contributed by atoms with E-state index in [0.717, 1.165) is 11.3 Å². The topological polar surface area (TPSA) is 72.2 Å². The van der Waals surface area contributed by atoms with Crippen LogP contribution >= 0.6 is 23.6 Å². The molecule has 1 atom stereocenters. The van der Waals surface area contributed by atoms with E-state index in [1.54, 1.807) is 6.07 Å². The van der Waals surface area contributed by atoms with Crippen LogP contribution in [0.15, 0.2) is 16.3 Å². The number of aryl methyl sites for hydroxylation is 1. The average Bonchev–Trinajstić information content (AvgIpc) is 2.74. The number of nitrogens with two attached hydrogens (primary N) is 1. The van der Waals surface area contributed by atoms with E-state index < -0.39 is 16.1 Å². The van der Waals surface area contributed by atoms with Crippen LogP contribution in [0.25, 0.3) is 0 Å². The van der Waals surface area contributed by atoms with Gasteiger partial charge in [0.15, 0.2) is 0 Å². The maximum atomic E-state index is 12.0. The highest BCUT2D eigenvalue weighted by molar-refractivity contribution is 7.91. The van der Waals surface area contributed by atoms with Gasteiger partial charge in [0.2, 0.25) is 0 Å². The van der Waals surface area contributed by atoms with E-state index in [4.69, 9.17) is 18.0 Å². The highest BCUT2D eigenvalue weighted by Crippen LogP contribution is 2.22. The van der Waals surface area contributed by atoms with Gasteiger partial charge in [-0.05, 0) is 25.0 Å². The first-order valence-corrected chi connectivity index (χ1v) is 8.01. The van der Waals surface area contributed by atoms with Gasteiger partial charge in [-0.3, -0.25) is 0 Å². The van der Waals surface area contributed by atoms with E-state index in [9.17, 15) is 8.42 Å². The molecule has 17 heavy (non-hydrogen) atoms. The summed E-state index contributed by atoms with van der Waals surface area (Å²) in [5.41, 5.74) is 5.47. The molecule has 1 aromatic heterocycles. The molecule has 0 bridgehead atoms. The molecule has 0 spiro atoms. The Morgan fingerprint density at radius 3 is 2.59 bits per heavy atom. The molecule has 0 amide bonds. The number of hydrogen-bond donors (Lipinski definition) is 2. The Labute approximate surface area is 111 Å². The van der Waals surface area contributed by atoms with Crippen molar-refractivity contribution in [3.05, 3.63) is 17.0 Å². The number of rotatable bonds is 6. The Balaban J connectivity index is 2.91. The zero-order valence-electron chi connectivity index (χ0n) is 9.76. The second-order valence-electron chi connectivity index (χ2n) is 3.56. The van der Waals surface area contributed by atoms with Gasteiger partial charge in [-0.25, -0.2) is 13.1 Å². The number of nitrogens with one attached hydrogen (secondary N) is 1. The minimum Gasteiger partial charge on any atom is -0.392 e. The highest BCUT2D eigenvalue weighted by Gasteiger charge is 2.22. The van der Waals surface area contributed by atoms with Crippen LogP contribution in [0.4, 0.5) is 0 Å². The fraction of sp³-hybridized carbons (Fsp3) is 0.500. The van der Waals surface area contributed by atoms with Crippen LogP contribution in [0.1, 0.15) is 25.1 Å². The maximum absolute atomic E-state index is 12.0. The molecule has 0 aliphatic heterocycles. The van der Waals surface area contributed by atoms with Crippen molar-refractivity contribution in [1.29, 1.82) is 0 Å². The van der Waals surface area contributed by atoms with Crippen molar-refractivity contribution in [2.45, 2.75) is 36.9 Å².